The van der Waals surface area contributed by atoms with Crippen molar-refractivity contribution in [2.45, 2.75) is 20.8 Å². The second-order valence-electron chi connectivity index (χ2n) is 5.70. The number of nitrogens with zero attached hydrogens (tertiary/aromatic N) is 1. The SMILES string of the molecule is CCOC(=O)c1c(C)c(C(=O)Nc2ccccc2C(=O)OC)c(C)n1C. The minimum Gasteiger partial charge on any atom is -0.465 e. The van der Waals surface area contributed by atoms with Gasteiger partial charge in [0.25, 0.3) is 5.91 Å². The molecular weight excluding hydrogens is 336 g/mol. The van der Waals surface area contributed by atoms with Gasteiger partial charge >= 0.3 is 11.9 Å². The van der Waals surface area contributed by atoms with Gasteiger partial charge in [-0.15, -0.1) is 0 Å². The Balaban J connectivity index is 2.42. The molecule has 2 aromatic rings. The van der Waals surface area contributed by atoms with E-state index in [0.29, 0.717) is 28.2 Å². The molecular formula is C19H22N2O5. The Morgan fingerprint density at radius 3 is 2.38 bits per heavy atom. The van der Waals surface area contributed by atoms with E-state index in [0.717, 1.165) is 0 Å². The Morgan fingerprint density at radius 1 is 1.12 bits per heavy atom. The number of anilines is 1. The van der Waals surface area contributed by atoms with Crippen molar-refractivity contribution in [2.75, 3.05) is 19.0 Å². The number of aromatic nitrogens is 1. The molecule has 0 radical (unpaired) electrons. The maximum absolute atomic E-state index is 12.8. The van der Waals surface area contributed by atoms with Crippen molar-refractivity contribution >= 4 is 23.5 Å². The van der Waals surface area contributed by atoms with E-state index in [1.165, 1.54) is 7.11 Å². The molecule has 2 rings (SSSR count). The Bertz CT molecular complexity index is 867. The lowest BCUT2D eigenvalue weighted by Gasteiger charge is -2.10. The molecule has 1 heterocycles. The fourth-order valence-corrected chi connectivity index (χ4v) is 2.87. The van der Waals surface area contributed by atoms with Crippen molar-refractivity contribution in [3.8, 4) is 0 Å². The first-order valence-electron chi connectivity index (χ1n) is 8.15. The molecule has 0 fully saturated rings. The molecule has 1 N–H and O–H groups in total. The van der Waals surface area contributed by atoms with Crippen LogP contribution in [0.5, 0.6) is 0 Å². The van der Waals surface area contributed by atoms with Crippen LogP contribution in [-0.2, 0) is 16.5 Å². The van der Waals surface area contributed by atoms with E-state index in [1.54, 1.807) is 56.7 Å². The molecule has 0 saturated carbocycles. The third-order valence-corrected chi connectivity index (χ3v) is 4.21. The van der Waals surface area contributed by atoms with E-state index in [4.69, 9.17) is 9.47 Å². The number of methoxy groups -OCH3 is 1. The molecule has 0 aliphatic heterocycles. The number of hydrogen-bond donors (Lipinski definition) is 1. The van der Waals surface area contributed by atoms with Crippen LogP contribution >= 0.6 is 0 Å². The van der Waals surface area contributed by atoms with E-state index < -0.39 is 17.8 Å². The molecule has 1 amide bonds. The van der Waals surface area contributed by atoms with Gasteiger partial charge in [0.05, 0.1) is 30.5 Å². The average Bonchev–Trinajstić information content (AvgIpc) is 2.84. The lowest BCUT2D eigenvalue weighted by atomic mass is 10.1. The number of esters is 2. The highest BCUT2D eigenvalue weighted by atomic mass is 16.5. The van der Waals surface area contributed by atoms with E-state index in [2.05, 4.69) is 5.32 Å². The first-order chi connectivity index (χ1) is 12.3. The molecule has 26 heavy (non-hydrogen) atoms. The van der Waals surface area contributed by atoms with Crippen LogP contribution in [-0.4, -0.2) is 36.1 Å². The lowest BCUT2D eigenvalue weighted by Crippen LogP contribution is -2.17. The monoisotopic (exact) mass is 358 g/mol. The van der Waals surface area contributed by atoms with Crippen LogP contribution in [0, 0.1) is 13.8 Å². The molecule has 1 aromatic heterocycles. The van der Waals surface area contributed by atoms with E-state index in [1.807, 2.05) is 0 Å². The molecule has 0 unspecified atom stereocenters. The predicted octanol–water partition coefficient (Wildman–Crippen LogP) is 2.86. The summed E-state index contributed by atoms with van der Waals surface area (Å²) in [6.45, 7) is 5.41. The Labute approximate surface area is 151 Å². The zero-order valence-corrected chi connectivity index (χ0v) is 15.5. The average molecular weight is 358 g/mol. The van der Waals surface area contributed by atoms with Gasteiger partial charge in [0.1, 0.15) is 5.69 Å². The summed E-state index contributed by atoms with van der Waals surface area (Å²) in [5.74, 6) is -1.44. The Hall–Kier alpha value is -3.09. The van der Waals surface area contributed by atoms with Gasteiger partial charge in [0.2, 0.25) is 0 Å². The van der Waals surface area contributed by atoms with Crippen LogP contribution in [0.4, 0.5) is 5.69 Å². The molecule has 7 heteroatoms. The maximum Gasteiger partial charge on any atom is 0.355 e. The minimum absolute atomic E-state index is 0.247. The topological polar surface area (TPSA) is 86.6 Å². The number of carbonyl (C=O) groups excluding carboxylic acids is 3. The highest BCUT2D eigenvalue weighted by molar-refractivity contribution is 6.10. The van der Waals surface area contributed by atoms with Gasteiger partial charge < -0.3 is 19.4 Å². The van der Waals surface area contributed by atoms with Crippen LogP contribution < -0.4 is 5.32 Å². The van der Waals surface area contributed by atoms with Crippen molar-refractivity contribution in [2.24, 2.45) is 7.05 Å². The summed E-state index contributed by atoms with van der Waals surface area (Å²) in [7, 11) is 2.98. The van der Waals surface area contributed by atoms with Gasteiger partial charge in [0, 0.05) is 12.7 Å². The second kappa shape index (κ2) is 7.86. The maximum atomic E-state index is 12.8. The normalized spacial score (nSPS) is 10.3. The van der Waals surface area contributed by atoms with Crippen LogP contribution in [0.2, 0.25) is 0 Å². The third kappa shape index (κ3) is 3.46. The van der Waals surface area contributed by atoms with Gasteiger partial charge in [0.15, 0.2) is 0 Å². The number of amides is 1. The fraction of sp³-hybridized carbons (Fsp3) is 0.316. The standard InChI is InChI=1S/C19H22N2O5/c1-6-26-19(24)16-11(2)15(12(3)21(16)4)17(22)20-14-10-8-7-9-13(14)18(23)25-5/h7-10H,6H2,1-5H3,(H,20,22). The van der Waals surface area contributed by atoms with Gasteiger partial charge in [-0.05, 0) is 38.5 Å². The first kappa shape index (κ1) is 19.2. The third-order valence-electron chi connectivity index (χ3n) is 4.21. The number of hydrogen-bond acceptors (Lipinski definition) is 5. The van der Waals surface area contributed by atoms with E-state index >= 15 is 0 Å². The summed E-state index contributed by atoms with van der Waals surface area (Å²) >= 11 is 0. The van der Waals surface area contributed by atoms with Crippen molar-refractivity contribution in [1.29, 1.82) is 0 Å². The molecule has 0 aliphatic rings. The van der Waals surface area contributed by atoms with E-state index in [9.17, 15) is 14.4 Å². The molecule has 0 bridgehead atoms. The molecule has 0 atom stereocenters. The quantitative estimate of drug-likeness (QED) is 0.831. The molecule has 1 aromatic carbocycles. The van der Waals surface area contributed by atoms with Gasteiger partial charge in [-0.1, -0.05) is 12.1 Å². The van der Waals surface area contributed by atoms with Gasteiger partial charge in [-0.25, -0.2) is 9.59 Å². The summed E-state index contributed by atoms with van der Waals surface area (Å²) in [6, 6.07) is 6.57. The highest BCUT2D eigenvalue weighted by Crippen LogP contribution is 2.24. The summed E-state index contributed by atoms with van der Waals surface area (Å²) in [6.07, 6.45) is 0. The van der Waals surface area contributed by atoms with Crippen LogP contribution in [0.15, 0.2) is 24.3 Å². The molecule has 138 valence electrons. The number of nitrogens with one attached hydrogen (secondary N) is 1. The lowest BCUT2D eigenvalue weighted by molar-refractivity contribution is 0.0513. The second-order valence-corrected chi connectivity index (χ2v) is 5.70. The van der Waals surface area contributed by atoms with Crippen LogP contribution in [0.25, 0.3) is 0 Å². The Kier molecular flexibility index (Phi) is 5.82. The fourth-order valence-electron chi connectivity index (χ4n) is 2.87. The summed E-state index contributed by atoms with van der Waals surface area (Å²) in [5, 5.41) is 2.73. The van der Waals surface area contributed by atoms with Crippen molar-refractivity contribution in [1.82, 2.24) is 4.57 Å². The van der Waals surface area contributed by atoms with E-state index in [-0.39, 0.29) is 12.2 Å². The number of carbonyl (C=O) groups is 3. The van der Waals surface area contributed by atoms with Crippen LogP contribution in [0.3, 0.4) is 0 Å². The largest absolute Gasteiger partial charge is 0.465 e. The molecule has 0 spiro atoms. The van der Waals surface area contributed by atoms with Gasteiger partial charge in [-0.3, -0.25) is 4.79 Å². The zero-order valence-electron chi connectivity index (χ0n) is 15.5. The molecule has 7 nitrogen and oxygen atoms in total. The summed E-state index contributed by atoms with van der Waals surface area (Å²) in [5.41, 5.74) is 2.44. The summed E-state index contributed by atoms with van der Waals surface area (Å²) < 4.78 is 11.4. The van der Waals surface area contributed by atoms with Crippen molar-refractivity contribution in [3.05, 3.63) is 52.3 Å². The molecule has 0 saturated heterocycles. The molecule has 0 aliphatic carbocycles. The van der Waals surface area contributed by atoms with Gasteiger partial charge in [-0.2, -0.15) is 0 Å². The number of rotatable bonds is 5. The van der Waals surface area contributed by atoms with Crippen LogP contribution in [0.1, 0.15) is 49.4 Å². The smallest absolute Gasteiger partial charge is 0.355 e. The zero-order chi connectivity index (χ0) is 19.4. The number of para-hydroxylation sites is 1. The van der Waals surface area contributed by atoms with Crippen molar-refractivity contribution < 1.29 is 23.9 Å². The summed E-state index contributed by atoms with van der Waals surface area (Å²) in [4.78, 5) is 36.9. The Morgan fingerprint density at radius 2 is 1.77 bits per heavy atom. The highest BCUT2D eigenvalue weighted by Gasteiger charge is 2.26. The minimum atomic E-state index is -0.547. The van der Waals surface area contributed by atoms with Crippen molar-refractivity contribution in [3.63, 3.8) is 0 Å². The first-order valence-corrected chi connectivity index (χ1v) is 8.15. The predicted molar refractivity (Wildman–Crippen MR) is 96.6 cm³/mol. The number of ether oxygens (including phenoxy) is 2. The number of benzene rings is 1.